The minimum absolute atomic E-state index is 0.101. The second-order valence-corrected chi connectivity index (χ2v) is 4.62. The molecule has 0 aromatic carbocycles. The molecule has 17 heavy (non-hydrogen) atoms. The third-order valence-electron chi connectivity index (χ3n) is 2.01. The van der Waals surface area contributed by atoms with Crippen molar-refractivity contribution >= 4 is 28.9 Å². The van der Waals surface area contributed by atoms with Crippen LogP contribution in [0.1, 0.15) is 9.67 Å². The lowest BCUT2D eigenvalue weighted by Crippen LogP contribution is -2.05. The summed E-state index contributed by atoms with van der Waals surface area (Å²) >= 11 is 6.78. The predicted octanol–water partition coefficient (Wildman–Crippen LogP) is 2.38. The highest BCUT2D eigenvalue weighted by Crippen LogP contribution is 2.32. The molecule has 2 heterocycles. The molecule has 0 aliphatic heterocycles. The predicted molar refractivity (Wildman–Crippen MR) is 64.0 cm³/mol. The zero-order chi connectivity index (χ0) is 12.3. The fraction of sp³-hybridized carbons (Fsp3) is 0.200. The number of carboxylic acid groups (broad SMARTS) is 1. The van der Waals surface area contributed by atoms with E-state index in [9.17, 15) is 4.79 Å². The van der Waals surface area contributed by atoms with E-state index in [4.69, 9.17) is 21.4 Å². The average Bonchev–Trinajstić information content (AvgIpc) is 2.88. The summed E-state index contributed by atoms with van der Waals surface area (Å²) in [5.74, 6) is -1.04. The Morgan fingerprint density at radius 3 is 3.06 bits per heavy atom. The fourth-order valence-corrected chi connectivity index (χ4v) is 2.36. The molecule has 1 N–H and O–H groups in total. The van der Waals surface area contributed by atoms with Crippen molar-refractivity contribution in [3.05, 3.63) is 34.7 Å². The van der Waals surface area contributed by atoms with Crippen LogP contribution in [0.3, 0.4) is 0 Å². The molecule has 0 atom stereocenters. The molecule has 0 spiro atoms. The van der Waals surface area contributed by atoms with Crippen molar-refractivity contribution in [3.8, 4) is 5.06 Å². The first kappa shape index (κ1) is 11.9. The van der Waals surface area contributed by atoms with E-state index in [1.165, 1.54) is 6.07 Å². The summed E-state index contributed by atoms with van der Waals surface area (Å²) in [4.78, 5) is 14.8. The van der Waals surface area contributed by atoms with Crippen LogP contribution in [-0.4, -0.2) is 27.2 Å². The zero-order valence-corrected chi connectivity index (χ0v) is 10.2. The van der Waals surface area contributed by atoms with Crippen molar-refractivity contribution in [1.29, 1.82) is 0 Å². The number of carboxylic acids is 1. The van der Waals surface area contributed by atoms with E-state index in [0.29, 0.717) is 18.2 Å². The standard InChI is InChI=1S/C10H9ClN2O3S/c11-7-5-8(17-9(7)10(14)15)16-4-3-13-2-1-12-6-13/h1-2,5-6H,3-4H2,(H,14,15). The van der Waals surface area contributed by atoms with Crippen molar-refractivity contribution in [2.75, 3.05) is 6.61 Å². The van der Waals surface area contributed by atoms with E-state index in [0.717, 1.165) is 11.3 Å². The molecule has 0 radical (unpaired) electrons. The Kier molecular flexibility index (Phi) is 3.65. The molecule has 2 aromatic heterocycles. The van der Waals surface area contributed by atoms with E-state index >= 15 is 0 Å². The average molecular weight is 273 g/mol. The van der Waals surface area contributed by atoms with Gasteiger partial charge in [0.25, 0.3) is 0 Å². The summed E-state index contributed by atoms with van der Waals surface area (Å²) in [5.41, 5.74) is 0. The number of halogens is 1. The van der Waals surface area contributed by atoms with Crippen LogP contribution >= 0.6 is 22.9 Å². The molecule has 2 rings (SSSR count). The maximum atomic E-state index is 10.8. The van der Waals surface area contributed by atoms with Gasteiger partial charge in [0, 0.05) is 18.5 Å². The van der Waals surface area contributed by atoms with Crippen molar-refractivity contribution < 1.29 is 14.6 Å². The van der Waals surface area contributed by atoms with Crippen molar-refractivity contribution in [2.24, 2.45) is 0 Å². The Morgan fingerprint density at radius 1 is 1.65 bits per heavy atom. The molecule has 0 aliphatic rings. The Hall–Kier alpha value is -1.53. The number of imidazole rings is 1. The maximum Gasteiger partial charge on any atom is 0.347 e. The van der Waals surface area contributed by atoms with Gasteiger partial charge >= 0.3 is 5.97 Å². The minimum Gasteiger partial charge on any atom is -0.482 e. The minimum atomic E-state index is -1.04. The van der Waals surface area contributed by atoms with Gasteiger partial charge in [0.2, 0.25) is 0 Å². The number of thiophene rings is 1. The lowest BCUT2D eigenvalue weighted by atomic mass is 10.5. The van der Waals surface area contributed by atoms with Gasteiger partial charge in [-0.25, -0.2) is 9.78 Å². The number of hydrogen-bond donors (Lipinski definition) is 1. The number of hydrogen-bond acceptors (Lipinski definition) is 4. The summed E-state index contributed by atoms with van der Waals surface area (Å²) in [6, 6.07) is 1.52. The van der Waals surface area contributed by atoms with Crippen LogP contribution in [0.25, 0.3) is 0 Å². The van der Waals surface area contributed by atoms with Crippen LogP contribution in [0, 0.1) is 0 Å². The summed E-state index contributed by atoms with van der Waals surface area (Å²) in [7, 11) is 0. The van der Waals surface area contributed by atoms with Gasteiger partial charge < -0.3 is 14.4 Å². The highest BCUT2D eigenvalue weighted by atomic mass is 35.5. The smallest absolute Gasteiger partial charge is 0.347 e. The Morgan fingerprint density at radius 2 is 2.47 bits per heavy atom. The number of nitrogens with zero attached hydrogens (tertiary/aromatic N) is 2. The molecule has 2 aromatic rings. The summed E-state index contributed by atoms with van der Waals surface area (Å²) in [6.07, 6.45) is 5.20. The molecule has 5 nitrogen and oxygen atoms in total. The van der Waals surface area contributed by atoms with Gasteiger partial charge in [-0.1, -0.05) is 22.9 Å². The van der Waals surface area contributed by atoms with Crippen LogP contribution < -0.4 is 4.74 Å². The van der Waals surface area contributed by atoms with Crippen molar-refractivity contribution in [2.45, 2.75) is 6.54 Å². The van der Waals surface area contributed by atoms with Gasteiger partial charge in [0.1, 0.15) is 11.5 Å². The number of aromatic nitrogens is 2. The topological polar surface area (TPSA) is 64.3 Å². The highest BCUT2D eigenvalue weighted by molar-refractivity contribution is 7.16. The Balaban J connectivity index is 1.91. The quantitative estimate of drug-likeness (QED) is 0.908. The summed E-state index contributed by atoms with van der Waals surface area (Å²) < 4.78 is 7.28. The van der Waals surface area contributed by atoms with Crippen LogP contribution in [0.4, 0.5) is 0 Å². The Bertz CT molecular complexity index is 510. The molecule has 0 fully saturated rings. The third-order valence-corrected chi connectivity index (χ3v) is 3.46. The SMILES string of the molecule is O=C(O)c1sc(OCCn2ccnc2)cc1Cl. The molecular formula is C10H9ClN2O3S. The van der Waals surface area contributed by atoms with Crippen molar-refractivity contribution in [3.63, 3.8) is 0 Å². The van der Waals surface area contributed by atoms with E-state index in [1.54, 1.807) is 12.5 Å². The first-order chi connectivity index (χ1) is 8.16. The number of rotatable bonds is 5. The van der Waals surface area contributed by atoms with Gasteiger partial charge in [-0.05, 0) is 0 Å². The van der Waals surface area contributed by atoms with Crippen LogP contribution in [-0.2, 0) is 6.54 Å². The van der Waals surface area contributed by atoms with E-state index in [1.807, 2.05) is 10.8 Å². The summed E-state index contributed by atoms with van der Waals surface area (Å²) in [5, 5.41) is 9.53. The molecule has 7 heteroatoms. The molecule has 0 amide bonds. The number of ether oxygens (including phenoxy) is 1. The lowest BCUT2D eigenvalue weighted by molar-refractivity contribution is 0.0702. The van der Waals surface area contributed by atoms with Crippen LogP contribution in [0.5, 0.6) is 5.06 Å². The second-order valence-electron chi connectivity index (χ2n) is 3.20. The van der Waals surface area contributed by atoms with Gasteiger partial charge in [0.15, 0.2) is 5.06 Å². The lowest BCUT2D eigenvalue weighted by Gasteiger charge is -2.03. The number of carbonyl (C=O) groups is 1. The van der Waals surface area contributed by atoms with Gasteiger partial charge in [0.05, 0.1) is 17.9 Å². The first-order valence-corrected chi connectivity index (χ1v) is 5.97. The largest absolute Gasteiger partial charge is 0.482 e. The first-order valence-electron chi connectivity index (χ1n) is 4.78. The van der Waals surface area contributed by atoms with Gasteiger partial charge in [-0.3, -0.25) is 0 Å². The highest BCUT2D eigenvalue weighted by Gasteiger charge is 2.14. The van der Waals surface area contributed by atoms with Crippen molar-refractivity contribution in [1.82, 2.24) is 9.55 Å². The van der Waals surface area contributed by atoms with Gasteiger partial charge in [-0.2, -0.15) is 0 Å². The second kappa shape index (κ2) is 5.20. The zero-order valence-electron chi connectivity index (χ0n) is 8.67. The Labute approximate surface area is 106 Å². The molecular weight excluding hydrogens is 264 g/mol. The van der Waals surface area contributed by atoms with E-state index in [-0.39, 0.29) is 9.90 Å². The monoisotopic (exact) mass is 272 g/mol. The van der Waals surface area contributed by atoms with Crippen LogP contribution in [0.15, 0.2) is 24.8 Å². The fourth-order valence-electron chi connectivity index (χ4n) is 1.24. The number of aromatic carboxylic acids is 1. The maximum absolute atomic E-state index is 10.8. The molecule has 0 saturated carbocycles. The van der Waals surface area contributed by atoms with E-state index < -0.39 is 5.97 Å². The molecule has 0 aliphatic carbocycles. The van der Waals surface area contributed by atoms with E-state index in [2.05, 4.69) is 4.98 Å². The molecule has 0 bridgehead atoms. The molecule has 90 valence electrons. The third kappa shape index (κ3) is 2.98. The normalized spacial score (nSPS) is 10.4. The van der Waals surface area contributed by atoms with Crippen LogP contribution in [0.2, 0.25) is 5.02 Å². The summed E-state index contributed by atoms with van der Waals surface area (Å²) in [6.45, 7) is 1.09. The molecule has 0 saturated heterocycles. The molecule has 0 unspecified atom stereocenters. The van der Waals surface area contributed by atoms with Gasteiger partial charge in [-0.15, -0.1) is 0 Å².